The lowest BCUT2D eigenvalue weighted by Gasteiger charge is -2.35. The fraction of sp³-hybridized carbons (Fsp3) is 0.636. The normalized spacial score (nSPS) is 25.6. The molecule has 1 aromatic carbocycles. The highest BCUT2D eigenvalue weighted by Crippen LogP contribution is 2.46. The molecule has 3 aliphatic rings. The van der Waals surface area contributed by atoms with Crippen LogP contribution in [0.15, 0.2) is 36.5 Å². The molecule has 1 saturated heterocycles. The molecule has 0 radical (unpaired) electrons. The second-order valence-electron chi connectivity index (χ2n) is 18.7. The van der Waals surface area contributed by atoms with Gasteiger partial charge in [0.2, 0.25) is 11.8 Å². The number of likely N-dealkylation sites (N-methyl/N-ethyl adjacent to an activating group) is 1. The first-order valence-electron chi connectivity index (χ1n) is 21.3. The number of carbonyl (C=O) groups excluding carboxylic acids is 3. The fourth-order valence-electron chi connectivity index (χ4n) is 8.39. The zero-order valence-electron chi connectivity index (χ0n) is 36.8. The summed E-state index contributed by atoms with van der Waals surface area (Å²) < 4.78 is 20.3. The minimum Gasteiger partial charge on any atom is -0.492 e. The smallest absolute Gasteiger partial charge is 0.408 e. The molecule has 0 spiro atoms. The average molecular weight is 833 g/mol. The standard InChI is InChI=1S/C44H64N8O8/c1-11-28-23-44(28,41(55)56)48-39(53)34-21-31(24-51(34)40(54)38(43(6,7)8)47-42(57)60-30-18-26(4)27(5)19-30)59-35-22-37(52-15-14-36(49-52)45-25(2)3)46-33-20-29(12-13-32(33)35)58-17-16-50(9)10/h12-15,20,22,25-28,30-31,34,38H,11,16-19,21,23-24H2,1-10H3,(H,45,49)(H,47,57)(H,48,53)(H,55,56)/t26-,27?,28-,30+,31-,34+,38-,44-/m1/s1. The molecule has 1 unspecified atom stereocenters. The van der Waals surface area contributed by atoms with Crippen LogP contribution in [-0.4, -0.2) is 123 Å². The number of nitrogens with zero attached hydrogens (tertiary/aromatic N) is 5. The summed E-state index contributed by atoms with van der Waals surface area (Å²) in [5, 5.41) is 24.5. The van der Waals surface area contributed by atoms with Crippen LogP contribution in [0.1, 0.15) is 87.5 Å². The van der Waals surface area contributed by atoms with Crippen LogP contribution in [0.5, 0.6) is 11.5 Å². The van der Waals surface area contributed by atoms with Gasteiger partial charge in [0.1, 0.15) is 53.8 Å². The number of hydrogen-bond donors (Lipinski definition) is 4. The van der Waals surface area contributed by atoms with Crippen molar-refractivity contribution >= 4 is 40.6 Å². The molecule has 6 rings (SSSR count). The van der Waals surface area contributed by atoms with Gasteiger partial charge in [0, 0.05) is 48.8 Å². The molecule has 2 aliphatic carbocycles. The molecule has 60 heavy (non-hydrogen) atoms. The second kappa shape index (κ2) is 17.8. The number of aliphatic carboxylic acids is 1. The second-order valence-corrected chi connectivity index (χ2v) is 18.7. The van der Waals surface area contributed by atoms with E-state index in [4.69, 9.17) is 19.2 Å². The van der Waals surface area contributed by atoms with Gasteiger partial charge >= 0.3 is 12.1 Å². The van der Waals surface area contributed by atoms with Crippen LogP contribution in [0.2, 0.25) is 0 Å². The van der Waals surface area contributed by atoms with Gasteiger partial charge in [-0.15, -0.1) is 5.10 Å². The number of anilines is 1. The third-order valence-corrected chi connectivity index (χ3v) is 12.2. The van der Waals surface area contributed by atoms with Crippen LogP contribution in [0.3, 0.4) is 0 Å². The Kier molecular flexibility index (Phi) is 13.2. The summed E-state index contributed by atoms with van der Waals surface area (Å²) in [7, 11) is 3.95. The first-order chi connectivity index (χ1) is 28.3. The van der Waals surface area contributed by atoms with E-state index in [9.17, 15) is 24.3 Å². The van der Waals surface area contributed by atoms with E-state index in [1.54, 1.807) is 16.9 Å². The summed E-state index contributed by atoms with van der Waals surface area (Å²) in [6.07, 6.45) is 2.58. The number of likely N-dealkylation sites (tertiary alicyclic amines) is 1. The summed E-state index contributed by atoms with van der Waals surface area (Å²) in [5.41, 5.74) is -1.60. The van der Waals surface area contributed by atoms with E-state index >= 15 is 0 Å². The van der Waals surface area contributed by atoms with E-state index in [1.807, 2.05) is 84.8 Å². The minimum absolute atomic E-state index is 0.00966. The van der Waals surface area contributed by atoms with E-state index < -0.39 is 53.0 Å². The lowest BCUT2D eigenvalue weighted by molar-refractivity contribution is -0.146. The topological polar surface area (TPSA) is 189 Å². The van der Waals surface area contributed by atoms with Gasteiger partial charge in [-0.3, -0.25) is 9.59 Å². The maximum Gasteiger partial charge on any atom is 0.408 e. The number of rotatable bonds is 16. The van der Waals surface area contributed by atoms with Gasteiger partial charge in [-0.2, -0.15) is 0 Å². The molecule has 16 heteroatoms. The zero-order valence-corrected chi connectivity index (χ0v) is 36.8. The van der Waals surface area contributed by atoms with Gasteiger partial charge in [0.05, 0.1) is 12.1 Å². The summed E-state index contributed by atoms with van der Waals surface area (Å²) in [6, 6.07) is 7.20. The Balaban J connectivity index is 1.32. The predicted molar refractivity (Wildman–Crippen MR) is 227 cm³/mol. The quantitative estimate of drug-likeness (QED) is 0.143. The Hall–Kier alpha value is -5.12. The fourth-order valence-corrected chi connectivity index (χ4v) is 8.39. The number of carbonyl (C=O) groups is 4. The third-order valence-electron chi connectivity index (χ3n) is 12.2. The van der Waals surface area contributed by atoms with Crippen molar-refractivity contribution in [2.24, 2.45) is 23.2 Å². The van der Waals surface area contributed by atoms with Crippen molar-refractivity contribution in [2.75, 3.05) is 39.1 Å². The van der Waals surface area contributed by atoms with E-state index in [-0.39, 0.29) is 31.0 Å². The molecule has 3 heterocycles. The lowest BCUT2D eigenvalue weighted by Crippen LogP contribution is -2.59. The highest BCUT2D eigenvalue weighted by Gasteiger charge is 2.61. The van der Waals surface area contributed by atoms with Gasteiger partial charge in [0.25, 0.3) is 0 Å². The number of hydrogen-bond acceptors (Lipinski definition) is 11. The number of carboxylic acids is 1. The molecule has 3 amide bonds. The number of nitrogens with one attached hydrogen (secondary N) is 3. The third kappa shape index (κ3) is 10.1. The first-order valence-corrected chi connectivity index (χ1v) is 21.3. The molecule has 4 N–H and O–H groups in total. The maximum absolute atomic E-state index is 14.8. The van der Waals surface area contributed by atoms with Crippen LogP contribution in [0, 0.1) is 23.2 Å². The summed E-state index contributed by atoms with van der Waals surface area (Å²) in [6.45, 7) is 16.9. The zero-order chi connectivity index (χ0) is 43.7. The Labute approximate surface area is 353 Å². The maximum atomic E-state index is 14.8. The molecule has 16 nitrogen and oxygen atoms in total. The molecule has 0 bridgehead atoms. The van der Waals surface area contributed by atoms with Crippen LogP contribution in [0.25, 0.3) is 16.7 Å². The van der Waals surface area contributed by atoms with Gasteiger partial charge in [0.15, 0.2) is 5.82 Å². The number of pyridine rings is 1. The number of benzene rings is 1. The molecule has 2 aromatic heterocycles. The van der Waals surface area contributed by atoms with E-state index in [0.29, 0.717) is 65.3 Å². The Morgan fingerprint density at radius 1 is 1.03 bits per heavy atom. The Bertz CT molecular complexity index is 2040. The molecular formula is C44H64N8O8. The summed E-state index contributed by atoms with van der Waals surface area (Å²) in [5.74, 6) is 0.637. The van der Waals surface area contributed by atoms with E-state index in [1.165, 1.54) is 4.90 Å². The van der Waals surface area contributed by atoms with Gasteiger partial charge < -0.3 is 45.1 Å². The highest BCUT2D eigenvalue weighted by atomic mass is 16.6. The number of amides is 3. The number of aromatic nitrogens is 3. The minimum atomic E-state index is -1.41. The summed E-state index contributed by atoms with van der Waals surface area (Å²) >= 11 is 0. The van der Waals surface area contributed by atoms with Crippen LogP contribution in [0.4, 0.5) is 10.6 Å². The number of carboxylic acid groups (broad SMARTS) is 1. The number of alkyl carbamates (subject to hydrolysis) is 1. The van der Waals surface area contributed by atoms with Crippen LogP contribution >= 0.6 is 0 Å². The monoisotopic (exact) mass is 832 g/mol. The average Bonchev–Trinajstić information content (AvgIpc) is 3.41. The molecule has 328 valence electrons. The van der Waals surface area contributed by atoms with Gasteiger partial charge in [-0.05, 0) is 82.5 Å². The van der Waals surface area contributed by atoms with Crippen molar-refractivity contribution in [3.8, 4) is 17.3 Å². The Morgan fingerprint density at radius 2 is 1.75 bits per heavy atom. The first kappa shape index (κ1) is 44.4. The molecule has 3 fully saturated rings. The van der Waals surface area contributed by atoms with Crippen molar-refractivity contribution < 1.29 is 38.5 Å². The predicted octanol–water partition coefficient (Wildman–Crippen LogP) is 5.47. The molecule has 2 saturated carbocycles. The molecular weight excluding hydrogens is 769 g/mol. The van der Waals surface area contributed by atoms with E-state index in [2.05, 4.69) is 34.9 Å². The number of ether oxygens (including phenoxy) is 3. The van der Waals surface area contributed by atoms with Crippen molar-refractivity contribution in [3.05, 3.63) is 36.5 Å². The van der Waals surface area contributed by atoms with Crippen molar-refractivity contribution in [2.45, 2.75) is 123 Å². The molecule has 8 atom stereocenters. The Morgan fingerprint density at radius 3 is 2.37 bits per heavy atom. The largest absolute Gasteiger partial charge is 0.492 e. The number of fused-ring (bicyclic) bond motifs is 1. The van der Waals surface area contributed by atoms with Crippen molar-refractivity contribution in [1.82, 2.24) is 35.2 Å². The van der Waals surface area contributed by atoms with Crippen LogP contribution in [-0.2, 0) is 19.1 Å². The lowest BCUT2D eigenvalue weighted by atomic mass is 9.85. The van der Waals surface area contributed by atoms with Gasteiger partial charge in [-0.25, -0.2) is 19.3 Å². The van der Waals surface area contributed by atoms with E-state index in [0.717, 1.165) is 19.4 Å². The van der Waals surface area contributed by atoms with Crippen molar-refractivity contribution in [1.29, 1.82) is 0 Å². The van der Waals surface area contributed by atoms with Crippen LogP contribution < -0.4 is 25.4 Å². The molecule has 1 aliphatic heterocycles. The highest BCUT2D eigenvalue weighted by molar-refractivity contribution is 5.96. The summed E-state index contributed by atoms with van der Waals surface area (Å²) in [4.78, 5) is 63.3. The SMILES string of the molecule is CC[C@@H]1C[C@]1(NC(=O)[C@@H]1C[C@@H](Oc2cc(-n3ccc(NC(C)C)n3)nc3cc(OCCN(C)C)ccc23)CN1C(=O)[C@@H](NC(=O)O[C@@H]1CC(C)[C@H](C)C1)C(C)(C)C)C(=O)O. The van der Waals surface area contributed by atoms with Crippen molar-refractivity contribution in [3.63, 3.8) is 0 Å². The van der Waals surface area contributed by atoms with Gasteiger partial charge in [-0.1, -0.05) is 48.0 Å². The molecule has 3 aromatic rings.